The monoisotopic (exact) mass is 681 g/mol. The Hall–Kier alpha value is -1.89. The number of allylic oxidation sites excluding steroid dienone is 1. The van der Waals surface area contributed by atoms with Gasteiger partial charge in [-0.15, -0.1) is 0 Å². The number of carbonyl (C=O) groups is 3. The molecule has 6 aliphatic rings. The molecule has 0 aromatic heterocycles. The molecule has 2 N–H and O–H groups in total. The fraction of sp³-hybridized carbons (Fsp3) is 0.881. The number of ether oxygens (including phenoxy) is 1. The first-order valence-corrected chi connectivity index (χ1v) is 19.8. The molecule has 0 spiro atoms. The molecule has 1 aliphatic heterocycles. The number of likely N-dealkylation sites (N-methyl/N-ethyl adjacent to an activating group) is 1. The van der Waals surface area contributed by atoms with Crippen molar-refractivity contribution in [1.82, 2.24) is 10.2 Å². The number of fused-ring (bicyclic) bond motifs is 7. The number of amides is 1. The molecule has 276 valence electrons. The van der Waals surface area contributed by atoms with Crippen molar-refractivity contribution in [3.63, 3.8) is 0 Å². The highest BCUT2D eigenvalue weighted by molar-refractivity contribution is 5.81. The molecule has 6 fully saturated rings. The average molecular weight is 681 g/mol. The summed E-state index contributed by atoms with van der Waals surface area (Å²) in [5.41, 5.74) is 0.634. The van der Waals surface area contributed by atoms with Gasteiger partial charge in [-0.25, -0.2) is 0 Å². The van der Waals surface area contributed by atoms with Gasteiger partial charge in [-0.05, 0) is 156 Å². The number of hydrogen-bond acceptors (Lipinski definition) is 5. The summed E-state index contributed by atoms with van der Waals surface area (Å²) >= 11 is 0. The van der Waals surface area contributed by atoms with Crippen molar-refractivity contribution in [2.75, 3.05) is 20.1 Å². The zero-order chi connectivity index (χ0) is 35.9. The van der Waals surface area contributed by atoms with Gasteiger partial charge in [0.2, 0.25) is 5.91 Å². The molecule has 11 atom stereocenters. The SMILES string of the molecule is C=C(C)[C@@H]1CC[C@]2(CC(=O)N[C@H]3CCN(C)C3)CC[C@]3(C)C(CC[C@@H]4C5(C)CCC(OC(=O)CC(C)(C)C(=O)O)C(C)(C)[C@@H]5CCC43C)[C@@H]12. The molecular weight excluding hydrogens is 612 g/mol. The van der Waals surface area contributed by atoms with Gasteiger partial charge in [0.1, 0.15) is 6.10 Å². The van der Waals surface area contributed by atoms with Gasteiger partial charge in [0.25, 0.3) is 0 Å². The summed E-state index contributed by atoms with van der Waals surface area (Å²) in [4.78, 5) is 40.9. The topological polar surface area (TPSA) is 95.9 Å². The number of esters is 1. The number of carbonyl (C=O) groups excluding carboxylic acids is 2. The summed E-state index contributed by atoms with van der Waals surface area (Å²) < 4.78 is 6.18. The molecule has 5 aliphatic carbocycles. The molecule has 1 heterocycles. The van der Waals surface area contributed by atoms with Crippen molar-refractivity contribution in [2.45, 2.75) is 151 Å². The minimum Gasteiger partial charge on any atom is -0.481 e. The molecule has 4 unspecified atom stereocenters. The van der Waals surface area contributed by atoms with E-state index in [0.29, 0.717) is 36.0 Å². The maximum Gasteiger partial charge on any atom is 0.309 e. The number of aliphatic carboxylic acids is 1. The van der Waals surface area contributed by atoms with Gasteiger partial charge in [0.15, 0.2) is 0 Å². The van der Waals surface area contributed by atoms with E-state index in [0.717, 1.165) is 51.6 Å². The lowest BCUT2D eigenvalue weighted by Gasteiger charge is -2.73. The van der Waals surface area contributed by atoms with Crippen molar-refractivity contribution in [1.29, 1.82) is 0 Å². The Labute approximate surface area is 297 Å². The van der Waals surface area contributed by atoms with Crippen LogP contribution in [0.5, 0.6) is 0 Å². The highest BCUT2D eigenvalue weighted by Gasteiger charge is 2.71. The van der Waals surface area contributed by atoms with Crippen molar-refractivity contribution < 1.29 is 24.2 Å². The van der Waals surface area contributed by atoms with E-state index in [2.05, 4.69) is 65.4 Å². The van der Waals surface area contributed by atoms with E-state index in [1.165, 1.54) is 37.7 Å². The molecule has 0 aromatic carbocycles. The number of hydrogen-bond donors (Lipinski definition) is 2. The molecule has 7 nitrogen and oxygen atoms in total. The number of likely N-dealkylation sites (tertiary alicyclic amines) is 1. The zero-order valence-corrected chi connectivity index (χ0v) is 32.4. The zero-order valence-electron chi connectivity index (χ0n) is 32.4. The Kier molecular flexibility index (Phi) is 9.31. The van der Waals surface area contributed by atoms with Gasteiger partial charge < -0.3 is 20.1 Å². The summed E-state index contributed by atoms with van der Waals surface area (Å²) in [5, 5.41) is 13.1. The fourth-order valence-corrected chi connectivity index (χ4v) is 14.1. The first-order chi connectivity index (χ1) is 22.7. The van der Waals surface area contributed by atoms with Crippen LogP contribution in [-0.4, -0.2) is 60.1 Å². The summed E-state index contributed by atoms with van der Waals surface area (Å²) in [7, 11) is 2.15. The highest BCUT2D eigenvalue weighted by Crippen LogP contribution is 2.78. The predicted molar refractivity (Wildman–Crippen MR) is 194 cm³/mol. The van der Waals surface area contributed by atoms with Gasteiger partial charge >= 0.3 is 11.9 Å². The molecular formula is C42H68N2O5. The number of carboxylic acids is 1. The second kappa shape index (κ2) is 12.4. The van der Waals surface area contributed by atoms with E-state index >= 15 is 0 Å². The molecule has 6 rings (SSSR count). The second-order valence-electron chi connectivity index (χ2n) is 20.2. The quantitative estimate of drug-likeness (QED) is 0.198. The van der Waals surface area contributed by atoms with Crippen LogP contribution in [0.1, 0.15) is 139 Å². The third kappa shape index (κ3) is 5.82. The lowest BCUT2D eigenvalue weighted by atomic mass is 9.32. The maximum atomic E-state index is 13.8. The van der Waals surface area contributed by atoms with Crippen LogP contribution in [0.15, 0.2) is 12.2 Å². The molecule has 0 aromatic rings. The van der Waals surface area contributed by atoms with Crippen LogP contribution >= 0.6 is 0 Å². The smallest absolute Gasteiger partial charge is 0.309 e. The van der Waals surface area contributed by atoms with E-state index in [1.807, 2.05) is 0 Å². The van der Waals surface area contributed by atoms with Gasteiger partial charge in [-0.3, -0.25) is 14.4 Å². The number of nitrogens with one attached hydrogen (secondary N) is 1. The van der Waals surface area contributed by atoms with Crippen molar-refractivity contribution >= 4 is 17.8 Å². The standard InChI is InChI=1S/C42H68N2O5/c1-26(2)28-13-19-42(23-33(45)43-27-16-22-44(10)25-27)21-20-40(8)29(35(28)42)11-12-31-39(7)17-15-32(49-34(46)24-37(3,4)36(47)48)38(5,6)30(39)14-18-41(31,40)9/h27-32,35H,1,11-25H2,2-10H3,(H,43,45)(H,47,48)/t27-,28-,29?,30-,31+,32?,35+,39?,40+,41?,42+/m0/s1. The largest absolute Gasteiger partial charge is 0.481 e. The van der Waals surface area contributed by atoms with E-state index < -0.39 is 11.4 Å². The van der Waals surface area contributed by atoms with Crippen molar-refractivity contribution in [3.8, 4) is 0 Å². The fourth-order valence-electron chi connectivity index (χ4n) is 14.1. The van der Waals surface area contributed by atoms with Gasteiger partial charge in [0.05, 0.1) is 11.8 Å². The van der Waals surface area contributed by atoms with E-state index in [9.17, 15) is 19.5 Å². The van der Waals surface area contributed by atoms with E-state index in [-0.39, 0.29) is 57.5 Å². The summed E-state index contributed by atoms with van der Waals surface area (Å²) in [5.74, 6) is 1.57. The molecule has 0 radical (unpaired) electrons. The third-order valence-corrected chi connectivity index (χ3v) is 16.9. The first kappa shape index (κ1) is 36.9. The maximum absolute atomic E-state index is 13.8. The lowest BCUT2D eigenvalue weighted by Crippen LogP contribution is -2.67. The van der Waals surface area contributed by atoms with Crippen LogP contribution < -0.4 is 5.32 Å². The third-order valence-electron chi connectivity index (χ3n) is 16.9. The molecule has 1 saturated heterocycles. The number of nitrogens with zero attached hydrogens (tertiary/aromatic N) is 1. The first-order valence-electron chi connectivity index (χ1n) is 19.8. The van der Waals surface area contributed by atoms with Crippen LogP contribution in [0.4, 0.5) is 0 Å². The molecule has 5 saturated carbocycles. The molecule has 1 amide bonds. The Balaban J connectivity index is 1.23. The Morgan fingerprint density at radius 1 is 0.898 bits per heavy atom. The van der Waals surface area contributed by atoms with Crippen LogP contribution in [0.2, 0.25) is 0 Å². The highest BCUT2D eigenvalue weighted by atomic mass is 16.5. The van der Waals surface area contributed by atoms with E-state index in [1.54, 1.807) is 13.8 Å². The van der Waals surface area contributed by atoms with Gasteiger partial charge in [0, 0.05) is 24.4 Å². The molecule has 0 bridgehead atoms. The van der Waals surface area contributed by atoms with Crippen LogP contribution in [0.3, 0.4) is 0 Å². The predicted octanol–water partition coefficient (Wildman–Crippen LogP) is 8.27. The Morgan fingerprint density at radius 3 is 2.24 bits per heavy atom. The normalized spacial score (nSPS) is 44.6. The van der Waals surface area contributed by atoms with Gasteiger partial charge in [-0.2, -0.15) is 0 Å². The van der Waals surface area contributed by atoms with Crippen LogP contribution in [-0.2, 0) is 19.1 Å². The average Bonchev–Trinajstić information content (AvgIpc) is 3.57. The van der Waals surface area contributed by atoms with Crippen molar-refractivity contribution in [3.05, 3.63) is 12.2 Å². The van der Waals surface area contributed by atoms with Gasteiger partial charge in [-0.1, -0.05) is 46.8 Å². The Bertz CT molecular complexity index is 1360. The summed E-state index contributed by atoms with van der Waals surface area (Å²) in [6.45, 7) is 24.5. The van der Waals surface area contributed by atoms with Crippen LogP contribution in [0.25, 0.3) is 0 Å². The molecule has 7 heteroatoms. The lowest BCUT2D eigenvalue weighted by molar-refractivity contribution is -0.250. The second-order valence-corrected chi connectivity index (χ2v) is 20.2. The van der Waals surface area contributed by atoms with Crippen LogP contribution in [0, 0.1) is 62.1 Å². The Morgan fingerprint density at radius 2 is 1.61 bits per heavy atom. The minimum absolute atomic E-state index is 0.0752. The summed E-state index contributed by atoms with van der Waals surface area (Å²) in [6.07, 6.45) is 12.7. The summed E-state index contributed by atoms with van der Waals surface area (Å²) in [6, 6.07) is 0.282. The van der Waals surface area contributed by atoms with Crippen molar-refractivity contribution in [2.24, 2.45) is 62.1 Å². The van der Waals surface area contributed by atoms with E-state index in [4.69, 9.17) is 4.74 Å². The number of rotatable bonds is 8. The minimum atomic E-state index is -1.14. The number of carboxylic acid groups (broad SMARTS) is 1. The molecule has 49 heavy (non-hydrogen) atoms.